The lowest BCUT2D eigenvalue weighted by Gasteiger charge is -2.47. The largest absolute Gasteiger partial charge is 0.359 e. The number of hydrogen-bond acceptors (Lipinski definition) is 4. The summed E-state index contributed by atoms with van der Waals surface area (Å²) in [5.74, 6) is -0.194. The van der Waals surface area contributed by atoms with Gasteiger partial charge in [-0.25, -0.2) is 0 Å². The van der Waals surface area contributed by atoms with Crippen LogP contribution in [0.15, 0.2) is 54.6 Å². The number of rotatable bonds is 5. The summed E-state index contributed by atoms with van der Waals surface area (Å²) in [7, 11) is 1.61. The van der Waals surface area contributed by atoms with E-state index in [1.807, 2.05) is 42.5 Å². The first kappa shape index (κ1) is 19.1. The van der Waals surface area contributed by atoms with Crippen molar-refractivity contribution < 1.29 is 9.53 Å². The van der Waals surface area contributed by atoms with Crippen molar-refractivity contribution in [1.82, 2.24) is 9.80 Å². The second-order valence-electron chi connectivity index (χ2n) is 6.53. The zero-order valence-corrected chi connectivity index (χ0v) is 16.0. The zero-order valence-electron chi connectivity index (χ0n) is 16.0. The van der Waals surface area contributed by atoms with Gasteiger partial charge in [-0.05, 0) is 36.3 Å². The summed E-state index contributed by atoms with van der Waals surface area (Å²) in [5.41, 5.74) is 2.48. The second kappa shape index (κ2) is 8.34. The molecular formula is C22H25N3O2. The second-order valence-corrected chi connectivity index (χ2v) is 6.53. The number of ether oxygens (including phenoxy) is 1. The molecule has 0 aromatic heterocycles. The molecule has 1 aliphatic rings. The highest BCUT2D eigenvalue weighted by Gasteiger charge is 2.45. The van der Waals surface area contributed by atoms with Crippen molar-refractivity contribution in [2.75, 3.05) is 20.2 Å². The van der Waals surface area contributed by atoms with Gasteiger partial charge < -0.3 is 4.74 Å². The molecule has 2 aromatic carbocycles. The molecule has 0 aliphatic carbocycles. The summed E-state index contributed by atoms with van der Waals surface area (Å²) in [6.07, 6.45) is -0.544. The minimum absolute atomic E-state index is 0.126. The molecule has 0 radical (unpaired) electrons. The van der Waals surface area contributed by atoms with Crippen molar-refractivity contribution in [1.29, 1.82) is 5.26 Å². The maximum atomic E-state index is 13.4. The van der Waals surface area contributed by atoms with Crippen molar-refractivity contribution in [2.45, 2.75) is 32.2 Å². The van der Waals surface area contributed by atoms with Gasteiger partial charge in [-0.1, -0.05) is 56.3 Å². The Kier molecular flexibility index (Phi) is 5.90. The standard InChI is InChI=1S/C22H25N3O2/c1-4-24(5-2)20-18-14-10-9-13-17(18)19(15-23)25(22(20)27-3)21(26)16-11-7-6-8-12-16/h6-14,19-20,22H,4-5H2,1-3H3/t19-,20-,22+/m1/s1. The summed E-state index contributed by atoms with van der Waals surface area (Å²) in [6.45, 7) is 5.83. The summed E-state index contributed by atoms with van der Waals surface area (Å²) in [4.78, 5) is 17.2. The molecule has 0 spiro atoms. The van der Waals surface area contributed by atoms with Crippen LogP contribution in [0.4, 0.5) is 0 Å². The van der Waals surface area contributed by atoms with Crippen LogP contribution in [-0.4, -0.2) is 42.1 Å². The summed E-state index contributed by atoms with van der Waals surface area (Å²) in [5, 5.41) is 9.94. The van der Waals surface area contributed by atoms with Crippen LogP contribution in [0.25, 0.3) is 0 Å². The monoisotopic (exact) mass is 363 g/mol. The summed E-state index contributed by atoms with van der Waals surface area (Å²) < 4.78 is 5.84. The number of amides is 1. The van der Waals surface area contributed by atoms with Crippen LogP contribution < -0.4 is 0 Å². The van der Waals surface area contributed by atoms with Crippen molar-refractivity contribution in [2.24, 2.45) is 0 Å². The van der Waals surface area contributed by atoms with Gasteiger partial charge >= 0.3 is 0 Å². The molecule has 5 heteroatoms. The number of benzene rings is 2. The van der Waals surface area contributed by atoms with Gasteiger partial charge in [-0.2, -0.15) is 5.26 Å². The van der Waals surface area contributed by atoms with E-state index in [-0.39, 0.29) is 11.9 Å². The van der Waals surface area contributed by atoms with Gasteiger partial charge in [-0.3, -0.25) is 14.6 Å². The molecule has 140 valence electrons. The molecule has 3 atom stereocenters. The highest BCUT2D eigenvalue weighted by Crippen LogP contribution is 2.42. The molecule has 27 heavy (non-hydrogen) atoms. The Morgan fingerprint density at radius 2 is 1.67 bits per heavy atom. The van der Waals surface area contributed by atoms with E-state index in [9.17, 15) is 10.1 Å². The average molecular weight is 363 g/mol. The van der Waals surface area contributed by atoms with Gasteiger partial charge in [0.2, 0.25) is 0 Å². The molecule has 1 heterocycles. The summed E-state index contributed by atoms with van der Waals surface area (Å²) >= 11 is 0. The van der Waals surface area contributed by atoms with Gasteiger partial charge in [0.15, 0.2) is 6.23 Å². The van der Waals surface area contributed by atoms with E-state index in [1.165, 1.54) is 0 Å². The average Bonchev–Trinajstić information content (AvgIpc) is 2.73. The maximum absolute atomic E-state index is 13.4. The van der Waals surface area contributed by atoms with Crippen LogP contribution in [-0.2, 0) is 4.74 Å². The number of nitriles is 1. The first-order chi connectivity index (χ1) is 13.2. The predicted octanol–water partition coefficient (Wildman–Crippen LogP) is 3.76. The van der Waals surface area contributed by atoms with Crippen LogP contribution in [0.5, 0.6) is 0 Å². The summed E-state index contributed by atoms with van der Waals surface area (Å²) in [6, 6.07) is 18.5. The Morgan fingerprint density at radius 3 is 2.22 bits per heavy atom. The fraction of sp³-hybridized carbons (Fsp3) is 0.364. The first-order valence-corrected chi connectivity index (χ1v) is 9.30. The quantitative estimate of drug-likeness (QED) is 0.812. The number of nitrogens with zero attached hydrogens (tertiary/aromatic N) is 3. The number of carbonyl (C=O) groups is 1. The Morgan fingerprint density at radius 1 is 1.07 bits per heavy atom. The minimum atomic E-state index is -0.689. The third-order valence-corrected chi connectivity index (χ3v) is 5.26. The molecule has 1 amide bonds. The number of likely N-dealkylation sites (N-methyl/N-ethyl adjacent to an activating group) is 1. The number of hydrogen-bond donors (Lipinski definition) is 0. The molecule has 1 aliphatic heterocycles. The third kappa shape index (κ3) is 3.34. The fourth-order valence-corrected chi connectivity index (χ4v) is 3.96. The molecule has 2 aromatic rings. The van der Waals surface area contributed by atoms with E-state index in [0.29, 0.717) is 5.56 Å². The number of methoxy groups -OCH3 is 1. The smallest absolute Gasteiger partial charge is 0.257 e. The molecule has 0 fully saturated rings. The van der Waals surface area contributed by atoms with Gasteiger partial charge in [0, 0.05) is 12.7 Å². The lowest BCUT2D eigenvalue weighted by Crippen LogP contribution is -2.54. The maximum Gasteiger partial charge on any atom is 0.257 e. The highest BCUT2D eigenvalue weighted by molar-refractivity contribution is 5.95. The van der Waals surface area contributed by atoms with Crippen LogP contribution in [0.3, 0.4) is 0 Å². The van der Waals surface area contributed by atoms with Crippen molar-refractivity contribution >= 4 is 5.91 Å². The van der Waals surface area contributed by atoms with Crippen LogP contribution in [0.1, 0.15) is 47.4 Å². The van der Waals surface area contributed by atoms with E-state index in [0.717, 1.165) is 24.2 Å². The van der Waals surface area contributed by atoms with Gasteiger partial charge in [0.1, 0.15) is 6.04 Å². The third-order valence-electron chi connectivity index (χ3n) is 5.26. The molecule has 0 bridgehead atoms. The normalized spacial score (nSPS) is 21.6. The Bertz CT molecular complexity index is 827. The molecule has 0 N–H and O–H groups in total. The van der Waals surface area contributed by atoms with Gasteiger partial charge in [-0.15, -0.1) is 0 Å². The van der Waals surface area contributed by atoms with E-state index in [4.69, 9.17) is 4.74 Å². The van der Waals surface area contributed by atoms with Gasteiger partial charge in [0.25, 0.3) is 5.91 Å². The lowest BCUT2D eigenvalue weighted by molar-refractivity contribution is -0.0893. The fourth-order valence-electron chi connectivity index (χ4n) is 3.96. The van der Waals surface area contributed by atoms with Crippen molar-refractivity contribution in [3.05, 3.63) is 71.3 Å². The molecule has 5 nitrogen and oxygen atoms in total. The molecule has 0 unspecified atom stereocenters. The number of fused-ring (bicyclic) bond motifs is 1. The van der Waals surface area contributed by atoms with E-state index < -0.39 is 12.3 Å². The first-order valence-electron chi connectivity index (χ1n) is 9.30. The van der Waals surface area contributed by atoms with E-state index in [1.54, 1.807) is 24.1 Å². The topological polar surface area (TPSA) is 56.6 Å². The van der Waals surface area contributed by atoms with E-state index >= 15 is 0 Å². The molecule has 0 saturated carbocycles. The Balaban J connectivity index is 2.17. The molecule has 0 saturated heterocycles. The van der Waals surface area contributed by atoms with Crippen LogP contribution >= 0.6 is 0 Å². The zero-order chi connectivity index (χ0) is 19.4. The van der Waals surface area contributed by atoms with Crippen LogP contribution in [0, 0.1) is 11.3 Å². The van der Waals surface area contributed by atoms with Crippen molar-refractivity contribution in [3.63, 3.8) is 0 Å². The Hall–Kier alpha value is -2.68. The lowest BCUT2D eigenvalue weighted by atomic mass is 9.87. The molecule has 3 rings (SSSR count). The van der Waals surface area contributed by atoms with Crippen molar-refractivity contribution in [3.8, 4) is 6.07 Å². The van der Waals surface area contributed by atoms with Crippen LogP contribution in [0.2, 0.25) is 0 Å². The molecular weight excluding hydrogens is 338 g/mol. The number of carbonyl (C=O) groups excluding carboxylic acids is 1. The van der Waals surface area contributed by atoms with Gasteiger partial charge in [0.05, 0.1) is 12.1 Å². The Labute approximate surface area is 160 Å². The predicted molar refractivity (Wildman–Crippen MR) is 104 cm³/mol. The highest BCUT2D eigenvalue weighted by atomic mass is 16.5. The SMILES string of the molecule is CCN(CC)[C@@H]1c2ccccc2[C@@H](C#N)N(C(=O)c2ccccc2)[C@H]1OC. The minimum Gasteiger partial charge on any atom is -0.359 e. The van der Waals surface area contributed by atoms with E-state index in [2.05, 4.69) is 24.8 Å².